The van der Waals surface area contributed by atoms with Crippen molar-refractivity contribution in [3.05, 3.63) is 39.6 Å². The van der Waals surface area contributed by atoms with Crippen LogP contribution in [0.25, 0.3) is 11.3 Å². The highest BCUT2D eigenvalue weighted by Crippen LogP contribution is 2.63. The van der Waals surface area contributed by atoms with Gasteiger partial charge in [-0.2, -0.15) is 0 Å². The van der Waals surface area contributed by atoms with E-state index < -0.39 is 5.60 Å². The number of aliphatic hydroxyl groups is 2. The second kappa shape index (κ2) is 6.21. The van der Waals surface area contributed by atoms with Crippen molar-refractivity contribution in [2.75, 3.05) is 0 Å². The molecule has 1 heterocycles. The fourth-order valence-corrected chi connectivity index (χ4v) is 5.78. The minimum atomic E-state index is -0.960. The average Bonchev–Trinajstić information content (AvgIpc) is 3.36. The molecule has 2 N–H and O–H groups in total. The number of rotatable bonds is 3. The van der Waals surface area contributed by atoms with E-state index in [4.69, 9.17) is 27.7 Å². The Kier molecular flexibility index (Phi) is 4.14. The van der Waals surface area contributed by atoms with Crippen molar-refractivity contribution in [2.45, 2.75) is 69.0 Å². The van der Waals surface area contributed by atoms with E-state index in [0.717, 1.165) is 49.8 Å². The lowest BCUT2D eigenvalue weighted by Gasteiger charge is -2.56. The molecule has 0 bridgehead atoms. The highest BCUT2D eigenvalue weighted by molar-refractivity contribution is 6.39. The molecule has 3 aliphatic rings. The predicted octanol–water partition coefficient (Wildman–Crippen LogP) is 5.43. The van der Waals surface area contributed by atoms with Gasteiger partial charge >= 0.3 is 0 Å². The molecule has 2 aromatic rings. The van der Waals surface area contributed by atoms with E-state index in [1.165, 1.54) is 0 Å². The van der Waals surface area contributed by atoms with Crippen LogP contribution in [-0.2, 0) is 5.60 Å². The van der Waals surface area contributed by atoms with Crippen molar-refractivity contribution < 1.29 is 14.7 Å². The van der Waals surface area contributed by atoms with Gasteiger partial charge in [0.1, 0.15) is 11.5 Å². The summed E-state index contributed by atoms with van der Waals surface area (Å²) in [5.41, 5.74) is 1.17. The molecule has 27 heavy (non-hydrogen) atoms. The monoisotopic (exact) mass is 407 g/mol. The van der Waals surface area contributed by atoms with Gasteiger partial charge in [-0.05, 0) is 68.9 Å². The van der Waals surface area contributed by atoms with Crippen LogP contribution in [0.5, 0.6) is 0 Å². The van der Waals surface area contributed by atoms with Crippen LogP contribution in [0.3, 0.4) is 0 Å². The van der Waals surface area contributed by atoms with Gasteiger partial charge in [0.05, 0.1) is 27.3 Å². The largest absolute Gasteiger partial charge is 0.393 e. The summed E-state index contributed by atoms with van der Waals surface area (Å²) >= 11 is 12.9. The Hall–Kier alpha value is -1.07. The summed E-state index contributed by atoms with van der Waals surface area (Å²) in [5, 5.41) is 26.8. The number of hydrogen-bond donors (Lipinski definition) is 2. The number of benzene rings is 1. The summed E-state index contributed by atoms with van der Waals surface area (Å²) in [4.78, 5) is 0. The van der Waals surface area contributed by atoms with E-state index in [1.807, 2.05) is 0 Å². The minimum Gasteiger partial charge on any atom is -0.393 e. The highest BCUT2D eigenvalue weighted by atomic mass is 35.5. The Balaban J connectivity index is 1.55. The number of halogens is 2. The predicted molar refractivity (Wildman–Crippen MR) is 104 cm³/mol. The quantitative estimate of drug-likeness (QED) is 0.711. The molecule has 6 heteroatoms. The molecule has 144 valence electrons. The molecule has 4 nitrogen and oxygen atoms in total. The van der Waals surface area contributed by atoms with Crippen molar-refractivity contribution in [3.63, 3.8) is 0 Å². The zero-order chi connectivity index (χ0) is 18.8. The molecule has 0 unspecified atom stereocenters. The normalized spacial score (nSPS) is 33.3. The maximum absolute atomic E-state index is 11.6. The van der Waals surface area contributed by atoms with Crippen LogP contribution in [0.15, 0.2) is 22.7 Å². The fourth-order valence-electron chi connectivity index (χ4n) is 5.21. The van der Waals surface area contributed by atoms with E-state index in [2.05, 4.69) is 5.16 Å². The third-order valence-electron chi connectivity index (χ3n) is 6.68. The zero-order valence-electron chi connectivity index (χ0n) is 15.0. The van der Waals surface area contributed by atoms with E-state index in [9.17, 15) is 10.2 Å². The maximum atomic E-state index is 11.6. The van der Waals surface area contributed by atoms with E-state index in [1.54, 1.807) is 18.2 Å². The second-order valence-electron chi connectivity index (χ2n) is 8.76. The molecule has 1 aromatic heterocycles. The van der Waals surface area contributed by atoms with Gasteiger partial charge in [-0.25, -0.2) is 0 Å². The molecule has 0 saturated heterocycles. The van der Waals surface area contributed by atoms with Crippen LogP contribution in [-0.4, -0.2) is 21.5 Å². The topological polar surface area (TPSA) is 66.5 Å². The van der Waals surface area contributed by atoms with Gasteiger partial charge < -0.3 is 14.7 Å². The Bertz CT molecular complexity index is 853. The fraction of sp³-hybridized carbons (Fsp3) is 0.571. The number of aromatic nitrogens is 1. The number of aliphatic hydroxyl groups excluding tert-OH is 1. The van der Waals surface area contributed by atoms with E-state index >= 15 is 0 Å². The SMILES string of the molecule is OC1CCC2(CC1)CC(O)(c1c(-c3c(Cl)cccc3Cl)noc1C1CC1)C2. The van der Waals surface area contributed by atoms with Gasteiger partial charge in [0, 0.05) is 11.5 Å². The Morgan fingerprint density at radius 1 is 1.04 bits per heavy atom. The lowest BCUT2D eigenvalue weighted by atomic mass is 9.51. The first-order valence-corrected chi connectivity index (χ1v) is 10.5. The first-order chi connectivity index (χ1) is 12.9. The second-order valence-corrected chi connectivity index (χ2v) is 9.57. The van der Waals surface area contributed by atoms with Crippen LogP contribution in [0.1, 0.15) is 68.6 Å². The molecular formula is C21H23Cl2NO3. The Labute approximate surface area is 168 Å². The molecular weight excluding hydrogens is 385 g/mol. The Morgan fingerprint density at radius 3 is 2.26 bits per heavy atom. The molecule has 0 amide bonds. The van der Waals surface area contributed by atoms with Crippen LogP contribution in [0.2, 0.25) is 10.0 Å². The van der Waals surface area contributed by atoms with Crippen LogP contribution in [0, 0.1) is 5.41 Å². The first kappa shape index (κ1) is 18.0. The zero-order valence-corrected chi connectivity index (χ0v) is 16.6. The van der Waals surface area contributed by atoms with Crippen LogP contribution < -0.4 is 0 Å². The van der Waals surface area contributed by atoms with Crippen molar-refractivity contribution in [1.29, 1.82) is 0 Å². The van der Waals surface area contributed by atoms with Gasteiger partial charge in [-0.15, -0.1) is 0 Å². The summed E-state index contributed by atoms with van der Waals surface area (Å²) in [7, 11) is 0. The standard InChI is InChI=1S/C21H23Cl2NO3/c22-14-2-1-3-15(23)16(14)18-17(19(27-24-18)12-4-5-12)21(26)10-20(11-21)8-6-13(25)7-9-20/h1-3,12-13,25-26H,4-11H2. The number of hydrogen-bond acceptors (Lipinski definition) is 4. The molecule has 1 spiro atoms. The molecule has 3 fully saturated rings. The molecule has 1 aromatic carbocycles. The van der Waals surface area contributed by atoms with Crippen LogP contribution in [0.4, 0.5) is 0 Å². The molecule has 5 rings (SSSR count). The van der Waals surface area contributed by atoms with Gasteiger partial charge in [-0.1, -0.05) is 34.4 Å². The molecule has 0 aliphatic heterocycles. The molecule has 3 saturated carbocycles. The van der Waals surface area contributed by atoms with Gasteiger partial charge in [0.2, 0.25) is 0 Å². The van der Waals surface area contributed by atoms with Crippen molar-refractivity contribution >= 4 is 23.2 Å². The minimum absolute atomic E-state index is 0.119. The molecule has 0 atom stereocenters. The van der Waals surface area contributed by atoms with E-state index in [0.29, 0.717) is 40.1 Å². The lowest BCUT2D eigenvalue weighted by Crippen LogP contribution is -2.52. The van der Waals surface area contributed by atoms with Gasteiger partial charge in [0.25, 0.3) is 0 Å². The smallest absolute Gasteiger partial charge is 0.146 e. The van der Waals surface area contributed by atoms with Crippen LogP contribution >= 0.6 is 23.2 Å². The highest BCUT2D eigenvalue weighted by Gasteiger charge is 2.58. The van der Waals surface area contributed by atoms with Crippen molar-refractivity contribution in [2.24, 2.45) is 5.41 Å². The lowest BCUT2D eigenvalue weighted by molar-refractivity contribution is -0.158. The summed E-state index contributed by atoms with van der Waals surface area (Å²) in [5.74, 6) is 1.13. The summed E-state index contributed by atoms with van der Waals surface area (Å²) in [6.07, 6.45) is 6.85. The molecule has 0 radical (unpaired) electrons. The van der Waals surface area contributed by atoms with Gasteiger partial charge in [-0.3, -0.25) is 0 Å². The average molecular weight is 408 g/mol. The Morgan fingerprint density at radius 2 is 1.67 bits per heavy atom. The molecule has 3 aliphatic carbocycles. The first-order valence-electron chi connectivity index (χ1n) is 9.76. The third-order valence-corrected chi connectivity index (χ3v) is 7.31. The number of nitrogens with zero attached hydrogens (tertiary/aromatic N) is 1. The summed E-state index contributed by atoms with van der Waals surface area (Å²) in [6, 6.07) is 5.37. The van der Waals surface area contributed by atoms with E-state index in [-0.39, 0.29) is 11.5 Å². The summed E-state index contributed by atoms with van der Waals surface area (Å²) < 4.78 is 5.73. The van der Waals surface area contributed by atoms with Gasteiger partial charge in [0.15, 0.2) is 0 Å². The maximum Gasteiger partial charge on any atom is 0.146 e. The summed E-state index contributed by atoms with van der Waals surface area (Å²) in [6.45, 7) is 0. The van der Waals surface area contributed by atoms with Crippen molar-refractivity contribution in [3.8, 4) is 11.3 Å². The van der Waals surface area contributed by atoms with Crippen molar-refractivity contribution in [1.82, 2.24) is 5.16 Å². The third kappa shape index (κ3) is 2.93.